The highest BCUT2D eigenvalue weighted by Gasteiger charge is 2.34. The minimum absolute atomic E-state index is 0.174. The van der Waals surface area contributed by atoms with Gasteiger partial charge in [0.05, 0.1) is 17.1 Å². The maximum atomic E-state index is 13.0. The Kier molecular flexibility index (Phi) is 5.67. The van der Waals surface area contributed by atoms with Crippen molar-refractivity contribution in [1.82, 2.24) is 9.88 Å². The van der Waals surface area contributed by atoms with E-state index < -0.39 is 35.5 Å². The normalized spacial score (nSPS) is 13.8. The molecular weight excluding hydrogens is 389 g/mol. The van der Waals surface area contributed by atoms with E-state index in [1.807, 2.05) is 0 Å². The molecule has 0 aliphatic rings. The molecule has 2 unspecified atom stereocenters. The van der Waals surface area contributed by atoms with Crippen LogP contribution in [0.15, 0.2) is 57.7 Å². The average molecular weight is 408 g/mol. The Morgan fingerprint density at radius 3 is 2.52 bits per heavy atom. The number of para-hydroxylation sites is 3. The van der Waals surface area contributed by atoms with Gasteiger partial charge in [-0.05, 0) is 38.1 Å². The van der Waals surface area contributed by atoms with E-state index in [1.165, 1.54) is 29.7 Å². The Labute approximate surface area is 163 Å². The number of oxazole rings is 1. The molecule has 0 spiro atoms. The zero-order valence-corrected chi connectivity index (χ0v) is 15.7. The molecule has 0 saturated carbocycles. The van der Waals surface area contributed by atoms with Gasteiger partial charge in [-0.25, -0.2) is 4.79 Å². The third kappa shape index (κ3) is 4.44. The summed E-state index contributed by atoms with van der Waals surface area (Å²) in [4.78, 5) is 24.6. The van der Waals surface area contributed by atoms with Crippen LogP contribution in [0.2, 0.25) is 0 Å². The first-order valence-electron chi connectivity index (χ1n) is 8.88. The Hall–Kier alpha value is -3.23. The Morgan fingerprint density at radius 1 is 1.14 bits per heavy atom. The minimum Gasteiger partial charge on any atom is -0.491 e. The van der Waals surface area contributed by atoms with E-state index in [1.54, 1.807) is 31.2 Å². The van der Waals surface area contributed by atoms with Crippen molar-refractivity contribution in [3.05, 3.63) is 64.6 Å². The third-order valence-electron chi connectivity index (χ3n) is 4.36. The lowest BCUT2D eigenvalue weighted by molar-refractivity contribution is -0.139. The number of ether oxygens (including phenoxy) is 1. The number of amides is 1. The number of nitrogens with one attached hydrogen (secondary N) is 1. The van der Waals surface area contributed by atoms with E-state index in [9.17, 15) is 22.8 Å². The Bertz CT molecular complexity index is 1070. The quantitative estimate of drug-likeness (QED) is 0.674. The molecule has 6 nitrogen and oxygen atoms in total. The highest BCUT2D eigenvalue weighted by molar-refractivity contribution is 5.83. The maximum absolute atomic E-state index is 13.0. The number of hydrogen-bond donors (Lipinski definition) is 1. The van der Waals surface area contributed by atoms with Crippen LogP contribution in [0.3, 0.4) is 0 Å². The highest BCUT2D eigenvalue weighted by atomic mass is 19.4. The molecule has 0 bridgehead atoms. The molecule has 3 rings (SSSR count). The molecule has 29 heavy (non-hydrogen) atoms. The predicted octanol–water partition coefficient (Wildman–Crippen LogP) is 3.76. The second-order valence-electron chi connectivity index (χ2n) is 6.60. The number of carbonyl (C=O) groups is 1. The van der Waals surface area contributed by atoms with Gasteiger partial charge in [-0.3, -0.25) is 9.36 Å². The fourth-order valence-electron chi connectivity index (χ4n) is 2.91. The Morgan fingerprint density at radius 2 is 1.79 bits per heavy atom. The van der Waals surface area contributed by atoms with Crippen molar-refractivity contribution < 1.29 is 27.1 Å². The second kappa shape index (κ2) is 8.02. The number of carbonyl (C=O) groups excluding carboxylic acids is 1. The van der Waals surface area contributed by atoms with Gasteiger partial charge >= 0.3 is 11.9 Å². The number of benzene rings is 2. The van der Waals surface area contributed by atoms with Crippen LogP contribution in [-0.2, 0) is 11.0 Å². The molecule has 154 valence electrons. The molecule has 1 aromatic heterocycles. The van der Waals surface area contributed by atoms with Crippen molar-refractivity contribution in [3.63, 3.8) is 0 Å². The molecule has 2 atom stereocenters. The minimum atomic E-state index is -4.54. The first-order valence-corrected chi connectivity index (χ1v) is 8.88. The smallest absolute Gasteiger partial charge is 0.420 e. The summed E-state index contributed by atoms with van der Waals surface area (Å²) in [6.07, 6.45) is -4.54. The number of hydrogen-bond acceptors (Lipinski definition) is 4. The number of halogens is 3. The van der Waals surface area contributed by atoms with Crippen LogP contribution in [0.5, 0.6) is 5.75 Å². The summed E-state index contributed by atoms with van der Waals surface area (Å²) in [5.41, 5.74) is -0.0521. The van der Waals surface area contributed by atoms with Gasteiger partial charge in [-0.2, -0.15) is 13.2 Å². The molecule has 0 aliphatic carbocycles. The van der Waals surface area contributed by atoms with Crippen molar-refractivity contribution in [2.45, 2.75) is 32.1 Å². The fraction of sp³-hybridized carbons (Fsp3) is 0.300. The SMILES string of the molecule is CC(COc1ccccc1C(F)(F)F)NC(=O)C(C)n1c(=O)oc2ccccc21. The summed E-state index contributed by atoms with van der Waals surface area (Å²) in [6, 6.07) is 10.1. The Balaban J connectivity index is 1.67. The van der Waals surface area contributed by atoms with Crippen LogP contribution in [0, 0.1) is 0 Å². The van der Waals surface area contributed by atoms with E-state index in [4.69, 9.17) is 9.15 Å². The van der Waals surface area contributed by atoms with Crippen molar-refractivity contribution >= 4 is 17.0 Å². The number of aromatic nitrogens is 1. The summed E-state index contributed by atoms with van der Waals surface area (Å²) in [5, 5.41) is 2.64. The van der Waals surface area contributed by atoms with Gasteiger partial charge in [0.15, 0.2) is 5.58 Å². The van der Waals surface area contributed by atoms with E-state index >= 15 is 0 Å². The monoisotopic (exact) mass is 408 g/mol. The van der Waals surface area contributed by atoms with Crippen LogP contribution in [0.1, 0.15) is 25.5 Å². The topological polar surface area (TPSA) is 73.5 Å². The molecule has 1 N–H and O–H groups in total. The van der Waals surface area contributed by atoms with E-state index in [0.717, 1.165) is 6.07 Å². The predicted molar refractivity (Wildman–Crippen MR) is 99.7 cm³/mol. The average Bonchev–Trinajstić information content (AvgIpc) is 3.00. The van der Waals surface area contributed by atoms with E-state index in [-0.39, 0.29) is 12.4 Å². The van der Waals surface area contributed by atoms with Crippen molar-refractivity contribution in [3.8, 4) is 5.75 Å². The molecule has 9 heteroatoms. The largest absolute Gasteiger partial charge is 0.491 e. The van der Waals surface area contributed by atoms with Crippen LogP contribution in [0.25, 0.3) is 11.1 Å². The standard InChI is InChI=1S/C20H19F3N2O4/c1-12(11-28-16-9-5-3-7-14(16)20(21,22)23)24-18(26)13(2)25-15-8-4-6-10-17(15)29-19(25)27/h3-10,12-13H,11H2,1-2H3,(H,24,26). The summed E-state index contributed by atoms with van der Waals surface area (Å²) >= 11 is 0. The summed E-state index contributed by atoms with van der Waals surface area (Å²) in [6.45, 7) is 2.95. The summed E-state index contributed by atoms with van der Waals surface area (Å²) in [7, 11) is 0. The molecule has 3 aromatic rings. The van der Waals surface area contributed by atoms with Gasteiger partial charge in [-0.15, -0.1) is 0 Å². The molecular formula is C20H19F3N2O4. The summed E-state index contributed by atoms with van der Waals surface area (Å²) in [5.74, 6) is -1.47. The van der Waals surface area contributed by atoms with Gasteiger partial charge in [-0.1, -0.05) is 24.3 Å². The van der Waals surface area contributed by atoms with Crippen LogP contribution >= 0.6 is 0 Å². The van der Waals surface area contributed by atoms with Gasteiger partial charge in [0.2, 0.25) is 5.91 Å². The molecule has 1 amide bonds. The first kappa shape index (κ1) is 20.5. The van der Waals surface area contributed by atoms with Crippen molar-refractivity contribution in [2.75, 3.05) is 6.61 Å². The number of nitrogens with zero attached hydrogens (tertiary/aromatic N) is 1. The van der Waals surface area contributed by atoms with Crippen molar-refractivity contribution in [1.29, 1.82) is 0 Å². The lowest BCUT2D eigenvalue weighted by Gasteiger charge is -2.20. The first-order chi connectivity index (χ1) is 13.7. The lowest BCUT2D eigenvalue weighted by atomic mass is 10.2. The molecule has 0 fully saturated rings. The zero-order chi connectivity index (χ0) is 21.2. The van der Waals surface area contributed by atoms with Crippen LogP contribution in [-0.4, -0.2) is 23.1 Å². The molecule has 1 heterocycles. The molecule has 0 aliphatic heterocycles. The van der Waals surface area contributed by atoms with Crippen LogP contribution in [0.4, 0.5) is 13.2 Å². The molecule has 0 saturated heterocycles. The zero-order valence-electron chi connectivity index (χ0n) is 15.7. The van der Waals surface area contributed by atoms with Gasteiger partial charge < -0.3 is 14.5 Å². The van der Waals surface area contributed by atoms with Crippen molar-refractivity contribution in [2.24, 2.45) is 0 Å². The third-order valence-corrected chi connectivity index (χ3v) is 4.36. The summed E-state index contributed by atoms with van der Waals surface area (Å²) < 4.78 is 50.7. The number of alkyl halides is 3. The number of fused-ring (bicyclic) bond motifs is 1. The fourth-order valence-corrected chi connectivity index (χ4v) is 2.91. The maximum Gasteiger partial charge on any atom is 0.420 e. The van der Waals surface area contributed by atoms with Gasteiger partial charge in [0, 0.05) is 0 Å². The molecule has 2 aromatic carbocycles. The number of rotatable bonds is 6. The highest BCUT2D eigenvalue weighted by Crippen LogP contribution is 2.35. The van der Waals surface area contributed by atoms with E-state index in [0.29, 0.717) is 11.1 Å². The molecule has 0 radical (unpaired) electrons. The van der Waals surface area contributed by atoms with Gasteiger partial charge in [0.25, 0.3) is 0 Å². The van der Waals surface area contributed by atoms with E-state index in [2.05, 4.69) is 5.32 Å². The van der Waals surface area contributed by atoms with Gasteiger partial charge in [0.1, 0.15) is 18.4 Å². The van der Waals surface area contributed by atoms with Crippen LogP contribution < -0.4 is 15.8 Å². The lowest BCUT2D eigenvalue weighted by Crippen LogP contribution is -2.41. The second-order valence-corrected chi connectivity index (χ2v) is 6.60.